The number of carbonyl (C=O) groups excluding carboxylic acids is 2. The van der Waals surface area contributed by atoms with Crippen molar-refractivity contribution in [3.63, 3.8) is 0 Å². The summed E-state index contributed by atoms with van der Waals surface area (Å²) in [6.07, 6.45) is 11.1. The van der Waals surface area contributed by atoms with Crippen LogP contribution in [-0.2, 0) is 22.7 Å². The number of hydrogen-bond acceptors (Lipinski definition) is 6. The van der Waals surface area contributed by atoms with E-state index in [4.69, 9.17) is 23.2 Å². The van der Waals surface area contributed by atoms with E-state index in [2.05, 4.69) is 30.6 Å². The van der Waals surface area contributed by atoms with Crippen LogP contribution < -0.4 is 21.8 Å². The molecular formula is C34H30Cl2N8O4. The van der Waals surface area contributed by atoms with Gasteiger partial charge in [0.15, 0.2) is 0 Å². The van der Waals surface area contributed by atoms with Crippen molar-refractivity contribution in [2.24, 2.45) is 0 Å². The molecule has 6 heterocycles. The average Bonchev–Trinajstić information content (AvgIpc) is 3.88. The average molecular weight is 686 g/mol. The zero-order valence-corrected chi connectivity index (χ0v) is 27.0. The Balaban J connectivity index is 1.07. The number of nitrogens with zero attached hydrogens (tertiary/aromatic N) is 4. The van der Waals surface area contributed by atoms with E-state index in [0.29, 0.717) is 77.1 Å². The van der Waals surface area contributed by atoms with Gasteiger partial charge in [0.05, 0.1) is 33.8 Å². The number of allylic oxidation sites excluding steroid dienone is 4. The maximum Gasteiger partial charge on any atom is 0.262 e. The molecule has 3 aliphatic rings. The van der Waals surface area contributed by atoms with Crippen LogP contribution in [0.25, 0.3) is 38.9 Å². The number of aromatic nitrogens is 6. The van der Waals surface area contributed by atoms with Crippen molar-refractivity contribution in [1.29, 1.82) is 0 Å². The van der Waals surface area contributed by atoms with Crippen molar-refractivity contribution in [1.82, 2.24) is 39.7 Å². The number of amides is 2. The summed E-state index contributed by atoms with van der Waals surface area (Å²) in [5, 5.41) is 6.59. The third-order valence-corrected chi connectivity index (χ3v) is 10.3. The maximum atomic E-state index is 13.3. The highest BCUT2D eigenvalue weighted by atomic mass is 35.5. The largest absolute Gasteiger partial charge is 0.352 e. The van der Waals surface area contributed by atoms with Crippen molar-refractivity contribution < 1.29 is 9.59 Å². The molecule has 1 aromatic carbocycles. The molecule has 2 fully saturated rings. The van der Waals surface area contributed by atoms with E-state index in [1.165, 1.54) is 21.8 Å². The Labute approximate surface area is 282 Å². The Morgan fingerprint density at radius 1 is 0.812 bits per heavy atom. The lowest BCUT2D eigenvalue weighted by atomic mass is 9.86. The second kappa shape index (κ2) is 11.9. The van der Waals surface area contributed by atoms with E-state index in [-0.39, 0.29) is 40.9 Å². The van der Waals surface area contributed by atoms with Gasteiger partial charge >= 0.3 is 0 Å². The summed E-state index contributed by atoms with van der Waals surface area (Å²) in [6, 6.07) is 9.01. The molecule has 2 amide bonds. The van der Waals surface area contributed by atoms with Crippen molar-refractivity contribution >= 4 is 62.7 Å². The number of rotatable bonds is 7. The van der Waals surface area contributed by atoms with Gasteiger partial charge in [-0.15, -0.1) is 11.6 Å². The van der Waals surface area contributed by atoms with E-state index in [1.54, 1.807) is 12.1 Å². The number of fused-ring (bicyclic) bond motifs is 2. The van der Waals surface area contributed by atoms with Crippen LogP contribution in [0.15, 0.2) is 70.8 Å². The molecule has 0 saturated carbocycles. The maximum absolute atomic E-state index is 13.3. The molecule has 0 spiro atoms. The van der Waals surface area contributed by atoms with Crippen LogP contribution in [0, 0.1) is 0 Å². The second-order valence-corrected chi connectivity index (χ2v) is 13.4. The molecule has 4 N–H and O–H groups in total. The number of halogens is 2. The van der Waals surface area contributed by atoms with Crippen LogP contribution in [0.1, 0.15) is 42.9 Å². The predicted molar refractivity (Wildman–Crippen MR) is 183 cm³/mol. The van der Waals surface area contributed by atoms with Crippen LogP contribution in [0.5, 0.6) is 0 Å². The molecule has 5 aromatic rings. The van der Waals surface area contributed by atoms with Crippen LogP contribution in [0.2, 0.25) is 5.02 Å². The highest BCUT2D eigenvalue weighted by Gasteiger charge is 2.30. The summed E-state index contributed by atoms with van der Waals surface area (Å²) in [4.78, 5) is 65.4. The van der Waals surface area contributed by atoms with Gasteiger partial charge in [0.1, 0.15) is 11.3 Å². The molecule has 8 rings (SSSR count). The monoisotopic (exact) mass is 684 g/mol. The predicted octanol–water partition coefficient (Wildman–Crippen LogP) is 3.98. The Morgan fingerprint density at radius 3 is 2.04 bits per heavy atom. The molecule has 1 aliphatic carbocycles. The summed E-state index contributed by atoms with van der Waals surface area (Å²) in [5.74, 6) is -0.318. The van der Waals surface area contributed by atoms with Crippen LogP contribution in [0.3, 0.4) is 0 Å². The Hall–Kier alpha value is -4.94. The van der Waals surface area contributed by atoms with Gasteiger partial charge in [0.2, 0.25) is 11.8 Å². The van der Waals surface area contributed by atoms with Crippen LogP contribution in [-0.4, -0.2) is 58.3 Å². The fourth-order valence-electron chi connectivity index (χ4n) is 6.92. The minimum Gasteiger partial charge on any atom is -0.352 e. The van der Waals surface area contributed by atoms with Gasteiger partial charge in [-0.2, -0.15) is 0 Å². The lowest BCUT2D eigenvalue weighted by molar-refractivity contribution is -0.120. The van der Waals surface area contributed by atoms with Gasteiger partial charge in [-0.1, -0.05) is 48.0 Å². The number of alkyl halides is 1. The Bertz CT molecular complexity index is 2320. The highest BCUT2D eigenvalue weighted by Crippen LogP contribution is 2.42. The second-order valence-electron chi connectivity index (χ2n) is 12.5. The fourth-order valence-corrected chi connectivity index (χ4v) is 7.67. The van der Waals surface area contributed by atoms with Gasteiger partial charge in [-0.3, -0.25) is 28.3 Å². The highest BCUT2D eigenvalue weighted by molar-refractivity contribution is 6.36. The lowest BCUT2D eigenvalue weighted by Crippen LogP contribution is -2.33. The number of carbonyl (C=O) groups is 2. The fraction of sp³-hybridized carbons (Fsp3) is 0.294. The molecule has 244 valence electrons. The summed E-state index contributed by atoms with van der Waals surface area (Å²) in [6.45, 7) is 0.715. The molecule has 2 unspecified atom stereocenters. The summed E-state index contributed by atoms with van der Waals surface area (Å²) < 4.78 is 3.06. The van der Waals surface area contributed by atoms with Gasteiger partial charge < -0.3 is 20.6 Å². The molecule has 2 saturated heterocycles. The zero-order chi connectivity index (χ0) is 33.1. The topological polar surface area (TPSA) is 160 Å². The standard InChI is InChI=1S/C34H30Cl2N8O4/c35-29-19(3-1-5-21(29)25-11-23-31(41-25)37-15-43(33(23)47)13-17-7-9-27(45)39-17)20-4-2-6-22(30(20)36)26-12-24-32(42-26)38-16-44(34(24)48)14-18-8-10-28(46)40-18/h1-6,11-12,15-18,21,29,41-42H,7-10,13-14H2,(H,39,45)(H,40,46)/t17-,18-,21?,29?/m0/s1. The Morgan fingerprint density at radius 2 is 1.42 bits per heavy atom. The van der Waals surface area contributed by atoms with Gasteiger partial charge in [0.25, 0.3) is 11.1 Å². The molecule has 12 nitrogen and oxygen atoms in total. The van der Waals surface area contributed by atoms with Gasteiger partial charge in [-0.25, -0.2) is 9.97 Å². The minimum atomic E-state index is -0.528. The SMILES string of the molecule is O=C1CC[C@@H](Cn2cnc3[nH]c(-c4cccc(C5=CC=CC(c6cc7c(=O)n(C[C@@H]8CCC(=O)N8)cnc7[nH]6)C5Cl)c4Cl)cc3c2=O)N1. The quantitative estimate of drug-likeness (QED) is 0.190. The minimum absolute atomic E-state index is 0.00595. The van der Waals surface area contributed by atoms with Crippen LogP contribution in [0.4, 0.5) is 0 Å². The number of aromatic amines is 2. The van der Waals surface area contributed by atoms with E-state index in [0.717, 1.165) is 16.8 Å². The smallest absolute Gasteiger partial charge is 0.262 e. The van der Waals surface area contributed by atoms with Crippen LogP contribution >= 0.6 is 23.2 Å². The zero-order valence-electron chi connectivity index (χ0n) is 25.5. The first kappa shape index (κ1) is 30.4. The molecule has 2 aliphatic heterocycles. The number of nitrogens with one attached hydrogen (secondary N) is 4. The molecule has 4 atom stereocenters. The number of hydrogen-bond donors (Lipinski definition) is 4. The van der Waals surface area contributed by atoms with E-state index >= 15 is 0 Å². The molecule has 14 heteroatoms. The van der Waals surface area contributed by atoms with Crippen molar-refractivity contribution in [3.05, 3.63) is 98.2 Å². The summed E-state index contributed by atoms with van der Waals surface area (Å²) in [7, 11) is 0. The number of benzene rings is 1. The Kier molecular flexibility index (Phi) is 7.56. The van der Waals surface area contributed by atoms with Gasteiger partial charge in [-0.05, 0) is 36.1 Å². The third-order valence-electron chi connectivity index (χ3n) is 9.42. The lowest BCUT2D eigenvalue weighted by Gasteiger charge is -2.25. The van der Waals surface area contributed by atoms with E-state index in [1.807, 2.05) is 36.4 Å². The summed E-state index contributed by atoms with van der Waals surface area (Å²) in [5.41, 5.74) is 4.12. The molecule has 4 aromatic heterocycles. The molecular weight excluding hydrogens is 655 g/mol. The first-order valence-electron chi connectivity index (χ1n) is 15.8. The molecule has 0 radical (unpaired) electrons. The molecule has 0 bridgehead atoms. The van der Waals surface area contributed by atoms with Crippen molar-refractivity contribution in [3.8, 4) is 11.3 Å². The van der Waals surface area contributed by atoms with E-state index < -0.39 is 5.38 Å². The van der Waals surface area contributed by atoms with Crippen molar-refractivity contribution in [2.75, 3.05) is 0 Å². The third kappa shape index (κ3) is 5.34. The number of H-pyrrole nitrogens is 2. The first-order valence-corrected chi connectivity index (χ1v) is 16.6. The van der Waals surface area contributed by atoms with Crippen molar-refractivity contribution in [2.45, 2.75) is 62.2 Å². The normalized spacial score (nSPS) is 22.4. The van der Waals surface area contributed by atoms with E-state index in [9.17, 15) is 19.2 Å². The first-order chi connectivity index (χ1) is 23.2. The summed E-state index contributed by atoms with van der Waals surface area (Å²) >= 11 is 14.2. The molecule has 48 heavy (non-hydrogen) atoms. The van der Waals surface area contributed by atoms with Gasteiger partial charge in [0, 0.05) is 60.9 Å².